The monoisotopic (exact) mass is 275 g/mol. The van der Waals surface area contributed by atoms with E-state index in [1.54, 1.807) is 0 Å². The molecule has 0 aliphatic heterocycles. The molecule has 0 spiro atoms. The lowest BCUT2D eigenvalue weighted by atomic mass is 9.78. The van der Waals surface area contributed by atoms with Gasteiger partial charge in [0.1, 0.15) is 6.10 Å². The molecule has 0 aliphatic rings. The van der Waals surface area contributed by atoms with Gasteiger partial charge in [0, 0.05) is 7.05 Å². The molecular weight excluding hydrogens is 258 g/mol. The molecule has 1 N–H and O–H groups in total. The minimum atomic E-state index is -5.55. The summed E-state index contributed by atoms with van der Waals surface area (Å²) in [4.78, 5) is 15.7. The number of aliphatic hydroxyl groups is 1. The molecule has 0 saturated carbocycles. The highest BCUT2D eigenvalue weighted by Crippen LogP contribution is 2.43. The first kappa shape index (κ1) is 17.1. The molecule has 0 aliphatic carbocycles. The van der Waals surface area contributed by atoms with E-state index in [2.05, 4.69) is 4.84 Å². The van der Waals surface area contributed by atoms with Gasteiger partial charge in [0.2, 0.25) is 0 Å². The molecule has 0 aromatic rings. The number of carbonyl (C=O) groups is 1. The van der Waals surface area contributed by atoms with Crippen molar-refractivity contribution in [1.29, 1.82) is 0 Å². The van der Waals surface area contributed by atoms with Crippen molar-refractivity contribution in [3.8, 4) is 0 Å². The van der Waals surface area contributed by atoms with Crippen LogP contribution in [0.4, 0.5) is 17.6 Å². The second-order valence-corrected chi connectivity index (χ2v) is 4.96. The first-order chi connectivity index (χ1) is 7.80. The fraction of sp³-hybridized carbons (Fsp3) is 0.900. The van der Waals surface area contributed by atoms with Crippen molar-refractivity contribution in [3.05, 3.63) is 0 Å². The van der Waals surface area contributed by atoms with Gasteiger partial charge in [-0.15, -0.1) is 0 Å². The van der Waals surface area contributed by atoms with Crippen LogP contribution in [-0.4, -0.2) is 48.2 Å². The van der Waals surface area contributed by atoms with Crippen LogP contribution in [-0.2, 0) is 9.63 Å². The van der Waals surface area contributed by atoms with Crippen molar-refractivity contribution in [1.82, 2.24) is 5.06 Å². The van der Waals surface area contributed by atoms with Crippen LogP contribution in [0.15, 0.2) is 0 Å². The fourth-order valence-electron chi connectivity index (χ4n) is 1.30. The van der Waals surface area contributed by atoms with Crippen LogP contribution in [0, 0.1) is 5.41 Å². The van der Waals surface area contributed by atoms with Gasteiger partial charge in [-0.2, -0.15) is 13.2 Å². The lowest BCUT2D eigenvalue weighted by molar-refractivity contribution is -0.278. The Bertz CT molecular complexity index is 313. The molecule has 4 nitrogen and oxygen atoms in total. The smallest absolute Gasteiger partial charge is 0.388 e. The maximum Gasteiger partial charge on any atom is 0.434 e. The van der Waals surface area contributed by atoms with E-state index >= 15 is 0 Å². The lowest BCUT2D eigenvalue weighted by Gasteiger charge is -2.39. The molecule has 0 radical (unpaired) electrons. The van der Waals surface area contributed by atoms with Gasteiger partial charge in [0.05, 0.1) is 7.11 Å². The molecule has 0 rings (SSSR count). The maximum atomic E-state index is 14.2. The van der Waals surface area contributed by atoms with Gasteiger partial charge >= 0.3 is 11.8 Å². The largest absolute Gasteiger partial charge is 0.434 e. The third-order valence-corrected chi connectivity index (χ3v) is 2.48. The number of carbonyl (C=O) groups excluding carboxylic acids is 1. The van der Waals surface area contributed by atoms with Crippen LogP contribution in [0.1, 0.15) is 20.8 Å². The van der Waals surface area contributed by atoms with Gasteiger partial charge in [-0.1, -0.05) is 20.8 Å². The summed E-state index contributed by atoms with van der Waals surface area (Å²) >= 11 is 0. The van der Waals surface area contributed by atoms with Crippen LogP contribution in [0.2, 0.25) is 0 Å². The van der Waals surface area contributed by atoms with Crippen LogP contribution >= 0.6 is 0 Å². The average molecular weight is 275 g/mol. The Kier molecular flexibility index (Phi) is 4.76. The highest BCUT2D eigenvalue weighted by atomic mass is 19.4. The van der Waals surface area contributed by atoms with E-state index in [0.717, 1.165) is 14.2 Å². The molecule has 18 heavy (non-hydrogen) atoms. The lowest BCUT2D eigenvalue weighted by Crippen LogP contribution is -2.64. The number of nitrogens with zero attached hydrogens (tertiary/aromatic N) is 1. The number of amides is 1. The van der Waals surface area contributed by atoms with Gasteiger partial charge in [0.25, 0.3) is 5.91 Å². The third-order valence-electron chi connectivity index (χ3n) is 2.48. The number of halogens is 4. The molecule has 0 aromatic heterocycles. The standard InChI is InChI=1S/C10H17F4NO3/c1-8(2,3)6(16)9(11,10(12,13)14)7(17)15(4)18-5/h6,16H,1-5H3/t6-,9+/m0/s1. The zero-order chi connectivity index (χ0) is 14.9. The molecule has 0 unspecified atom stereocenters. The summed E-state index contributed by atoms with van der Waals surface area (Å²) in [5.74, 6) is -2.00. The van der Waals surface area contributed by atoms with Crippen molar-refractivity contribution in [2.24, 2.45) is 5.41 Å². The van der Waals surface area contributed by atoms with Crippen molar-refractivity contribution in [2.75, 3.05) is 14.2 Å². The second-order valence-electron chi connectivity index (χ2n) is 4.96. The predicted molar refractivity (Wildman–Crippen MR) is 55.1 cm³/mol. The number of hydrogen-bond acceptors (Lipinski definition) is 3. The van der Waals surface area contributed by atoms with E-state index in [9.17, 15) is 27.5 Å². The predicted octanol–water partition coefficient (Wildman–Crippen LogP) is 1.68. The summed E-state index contributed by atoms with van der Waals surface area (Å²) in [6, 6.07) is 0. The second kappa shape index (κ2) is 5.00. The van der Waals surface area contributed by atoms with Gasteiger partial charge in [-0.25, -0.2) is 9.45 Å². The maximum absolute atomic E-state index is 14.2. The molecule has 1 amide bonds. The molecule has 0 heterocycles. The van der Waals surface area contributed by atoms with Gasteiger partial charge < -0.3 is 5.11 Å². The first-order valence-corrected chi connectivity index (χ1v) is 5.06. The summed E-state index contributed by atoms with van der Waals surface area (Å²) in [7, 11) is 1.75. The SMILES string of the molecule is CON(C)C(=O)[C@](F)([C@@H](O)C(C)(C)C)C(F)(F)F. The van der Waals surface area contributed by atoms with Crippen molar-refractivity contribution < 1.29 is 32.3 Å². The van der Waals surface area contributed by atoms with Crippen molar-refractivity contribution in [3.63, 3.8) is 0 Å². The van der Waals surface area contributed by atoms with E-state index in [-0.39, 0.29) is 5.06 Å². The molecule has 2 atom stereocenters. The van der Waals surface area contributed by atoms with Crippen LogP contribution in [0.3, 0.4) is 0 Å². The van der Waals surface area contributed by atoms with Gasteiger partial charge in [-0.05, 0) is 5.41 Å². The number of hydroxylamine groups is 2. The molecule has 0 bridgehead atoms. The average Bonchev–Trinajstić information content (AvgIpc) is 2.21. The Morgan fingerprint density at radius 3 is 1.83 bits per heavy atom. The summed E-state index contributed by atoms with van der Waals surface area (Å²) in [6.45, 7) is 3.58. The van der Waals surface area contributed by atoms with Crippen molar-refractivity contribution in [2.45, 2.75) is 38.7 Å². The molecule has 0 fully saturated rings. The Hall–Kier alpha value is -0.890. The topological polar surface area (TPSA) is 49.8 Å². The zero-order valence-electron chi connectivity index (χ0n) is 10.8. The number of hydrogen-bond donors (Lipinski definition) is 1. The van der Waals surface area contributed by atoms with Crippen molar-refractivity contribution >= 4 is 5.91 Å². The highest BCUT2D eigenvalue weighted by molar-refractivity contribution is 5.86. The molecule has 0 aromatic carbocycles. The Labute approximate surface area is 102 Å². The zero-order valence-corrected chi connectivity index (χ0v) is 10.8. The summed E-state index contributed by atoms with van der Waals surface area (Å²) < 4.78 is 52.6. The third kappa shape index (κ3) is 2.92. The van der Waals surface area contributed by atoms with Crippen LogP contribution < -0.4 is 0 Å². The molecular formula is C10H17F4NO3. The van der Waals surface area contributed by atoms with E-state index in [1.807, 2.05) is 0 Å². The van der Waals surface area contributed by atoms with E-state index in [1.165, 1.54) is 20.8 Å². The minimum Gasteiger partial charge on any atom is -0.388 e. The quantitative estimate of drug-likeness (QED) is 0.630. The Morgan fingerprint density at radius 2 is 1.61 bits per heavy atom. The Morgan fingerprint density at radius 1 is 1.22 bits per heavy atom. The molecule has 8 heteroatoms. The highest BCUT2D eigenvalue weighted by Gasteiger charge is 2.69. The molecule has 108 valence electrons. The normalized spacial score (nSPS) is 18.1. The van der Waals surface area contributed by atoms with E-state index in [0.29, 0.717) is 0 Å². The van der Waals surface area contributed by atoms with E-state index in [4.69, 9.17) is 0 Å². The van der Waals surface area contributed by atoms with Gasteiger partial charge in [0.15, 0.2) is 0 Å². The summed E-state index contributed by atoms with van der Waals surface area (Å²) in [5.41, 5.74) is -5.90. The first-order valence-electron chi connectivity index (χ1n) is 5.06. The number of rotatable bonds is 3. The van der Waals surface area contributed by atoms with Gasteiger partial charge in [-0.3, -0.25) is 9.63 Å². The van der Waals surface area contributed by atoms with Crippen LogP contribution in [0.25, 0.3) is 0 Å². The number of alkyl halides is 4. The number of aliphatic hydroxyl groups excluding tert-OH is 1. The van der Waals surface area contributed by atoms with Crippen LogP contribution in [0.5, 0.6) is 0 Å². The Balaban J connectivity index is 5.69. The summed E-state index contributed by atoms with van der Waals surface area (Å²) in [5, 5.41) is 9.66. The van der Waals surface area contributed by atoms with E-state index < -0.39 is 29.3 Å². The fourth-order valence-corrected chi connectivity index (χ4v) is 1.30. The summed E-state index contributed by atoms with van der Waals surface area (Å²) in [6.07, 6.45) is -8.11. The molecule has 0 saturated heterocycles. The minimum absolute atomic E-state index is 0.0997.